The second-order valence-electron chi connectivity index (χ2n) is 4.30. The third kappa shape index (κ3) is 6.54. The van der Waals surface area contributed by atoms with Gasteiger partial charge in [-0.15, -0.1) is 0 Å². The van der Waals surface area contributed by atoms with E-state index in [4.69, 9.17) is 16.3 Å². The molecule has 96 valence electrons. The summed E-state index contributed by atoms with van der Waals surface area (Å²) in [6.45, 7) is 6.21. The average Bonchev–Trinajstić information content (AvgIpc) is 2.29. The predicted molar refractivity (Wildman–Crippen MR) is 73.9 cm³/mol. The van der Waals surface area contributed by atoms with Crippen LogP contribution in [0.5, 0.6) is 5.75 Å². The molecule has 3 heteroatoms. The molecule has 0 heterocycles. The summed E-state index contributed by atoms with van der Waals surface area (Å²) in [6, 6.07) is 7.52. The molecule has 17 heavy (non-hydrogen) atoms. The molecule has 0 saturated carbocycles. The van der Waals surface area contributed by atoms with Gasteiger partial charge in [-0.1, -0.05) is 37.4 Å². The van der Waals surface area contributed by atoms with Crippen LogP contribution in [-0.2, 0) is 0 Å². The number of hydrogen-bond acceptors (Lipinski definition) is 2. The molecule has 0 aliphatic carbocycles. The largest absolute Gasteiger partial charge is 0.489 e. The summed E-state index contributed by atoms with van der Waals surface area (Å²) in [7, 11) is 0. The van der Waals surface area contributed by atoms with Crippen molar-refractivity contribution in [1.82, 2.24) is 5.32 Å². The van der Waals surface area contributed by atoms with Crippen LogP contribution in [0, 0.1) is 0 Å². The third-order valence-corrected chi connectivity index (χ3v) is 2.76. The highest BCUT2D eigenvalue weighted by Crippen LogP contribution is 2.18. The maximum atomic E-state index is 5.89. The van der Waals surface area contributed by atoms with Crippen molar-refractivity contribution >= 4 is 11.6 Å². The quantitative estimate of drug-likeness (QED) is 0.712. The number of hydrogen-bond donors (Lipinski definition) is 1. The highest BCUT2D eigenvalue weighted by Gasteiger charge is 2.03. The summed E-state index contributed by atoms with van der Waals surface area (Å²) >= 11 is 5.89. The Kier molecular flexibility index (Phi) is 7.06. The second kappa shape index (κ2) is 8.37. The van der Waals surface area contributed by atoms with E-state index in [-0.39, 0.29) is 6.10 Å². The molecule has 0 bridgehead atoms. The Morgan fingerprint density at radius 3 is 2.88 bits per heavy atom. The standard InChI is InChI=1S/C14H22ClNO/c1-3-4-5-9-16-11-12(2)17-14-8-6-7-13(15)10-14/h6-8,10,12,16H,3-5,9,11H2,1-2H3. The molecule has 1 atom stereocenters. The first-order valence-electron chi connectivity index (χ1n) is 6.35. The molecule has 1 unspecified atom stereocenters. The van der Waals surface area contributed by atoms with E-state index in [1.807, 2.05) is 24.3 Å². The molecule has 0 fully saturated rings. The van der Waals surface area contributed by atoms with Crippen molar-refractivity contribution in [2.75, 3.05) is 13.1 Å². The number of nitrogens with one attached hydrogen (secondary N) is 1. The molecule has 0 aliphatic rings. The van der Waals surface area contributed by atoms with Crippen LogP contribution in [0.3, 0.4) is 0 Å². The minimum Gasteiger partial charge on any atom is -0.489 e. The van der Waals surface area contributed by atoms with E-state index < -0.39 is 0 Å². The van der Waals surface area contributed by atoms with Crippen molar-refractivity contribution < 1.29 is 4.74 Å². The minimum absolute atomic E-state index is 0.162. The Labute approximate surface area is 109 Å². The van der Waals surface area contributed by atoms with E-state index in [2.05, 4.69) is 19.2 Å². The van der Waals surface area contributed by atoms with Gasteiger partial charge in [-0.25, -0.2) is 0 Å². The fraction of sp³-hybridized carbons (Fsp3) is 0.571. The molecule has 1 aromatic rings. The zero-order chi connectivity index (χ0) is 12.5. The van der Waals surface area contributed by atoms with Gasteiger partial charge in [0.1, 0.15) is 11.9 Å². The minimum atomic E-state index is 0.162. The lowest BCUT2D eigenvalue weighted by Gasteiger charge is -2.15. The lowest BCUT2D eigenvalue weighted by atomic mass is 10.2. The van der Waals surface area contributed by atoms with Crippen molar-refractivity contribution in [3.05, 3.63) is 29.3 Å². The van der Waals surface area contributed by atoms with E-state index in [0.29, 0.717) is 5.02 Å². The Balaban J connectivity index is 2.18. The summed E-state index contributed by atoms with van der Waals surface area (Å²) in [5, 5.41) is 4.11. The van der Waals surface area contributed by atoms with Gasteiger partial charge in [0.25, 0.3) is 0 Å². The van der Waals surface area contributed by atoms with Gasteiger partial charge in [0.15, 0.2) is 0 Å². The topological polar surface area (TPSA) is 21.3 Å². The molecule has 2 nitrogen and oxygen atoms in total. The van der Waals surface area contributed by atoms with E-state index in [0.717, 1.165) is 18.8 Å². The Bertz CT molecular complexity index is 317. The smallest absolute Gasteiger partial charge is 0.121 e. The SMILES string of the molecule is CCCCCNCC(C)Oc1cccc(Cl)c1. The van der Waals surface area contributed by atoms with Crippen LogP contribution >= 0.6 is 11.6 Å². The first-order valence-corrected chi connectivity index (χ1v) is 6.73. The highest BCUT2D eigenvalue weighted by atomic mass is 35.5. The molecular weight excluding hydrogens is 234 g/mol. The maximum absolute atomic E-state index is 5.89. The van der Waals surface area contributed by atoms with E-state index in [1.165, 1.54) is 19.3 Å². The van der Waals surface area contributed by atoms with Gasteiger partial charge in [-0.2, -0.15) is 0 Å². The van der Waals surface area contributed by atoms with Crippen LogP contribution in [0.15, 0.2) is 24.3 Å². The molecule has 0 spiro atoms. The van der Waals surface area contributed by atoms with Crippen molar-refractivity contribution in [1.29, 1.82) is 0 Å². The molecule has 1 N–H and O–H groups in total. The summed E-state index contributed by atoms with van der Waals surface area (Å²) in [5.74, 6) is 0.834. The number of benzene rings is 1. The van der Waals surface area contributed by atoms with Crippen LogP contribution in [0.4, 0.5) is 0 Å². The Hall–Kier alpha value is -0.730. The van der Waals surface area contributed by atoms with Gasteiger partial charge in [0.05, 0.1) is 0 Å². The van der Waals surface area contributed by atoms with Crippen molar-refractivity contribution in [3.63, 3.8) is 0 Å². The summed E-state index contributed by atoms with van der Waals surface area (Å²) in [6.07, 6.45) is 3.95. The molecule has 1 aromatic carbocycles. The summed E-state index contributed by atoms with van der Waals surface area (Å²) in [4.78, 5) is 0. The Morgan fingerprint density at radius 1 is 1.35 bits per heavy atom. The number of unbranched alkanes of at least 4 members (excludes halogenated alkanes) is 2. The van der Waals surface area contributed by atoms with Crippen molar-refractivity contribution in [2.45, 2.75) is 39.2 Å². The molecule has 0 radical (unpaired) electrons. The predicted octanol–water partition coefficient (Wildman–Crippen LogP) is 3.89. The first-order chi connectivity index (χ1) is 8.22. The zero-order valence-corrected chi connectivity index (χ0v) is 11.5. The van der Waals surface area contributed by atoms with E-state index >= 15 is 0 Å². The van der Waals surface area contributed by atoms with Crippen LogP contribution in [0.25, 0.3) is 0 Å². The fourth-order valence-electron chi connectivity index (χ4n) is 1.62. The lowest BCUT2D eigenvalue weighted by molar-refractivity contribution is 0.217. The molecule has 0 aromatic heterocycles. The van der Waals surface area contributed by atoms with Gasteiger partial charge < -0.3 is 10.1 Å². The van der Waals surface area contributed by atoms with Gasteiger partial charge in [-0.05, 0) is 38.1 Å². The fourth-order valence-corrected chi connectivity index (χ4v) is 1.80. The van der Waals surface area contributed by atoms with Crippen molar-refractivity contribution in [3.8, 4) is 5.75 Å². The molecular formula is C14H22ClNO. The second-order valence-corrected chi connectivity index (χ2v) is 4.73. The summed E-state index contributed by atoms with van der Waals surface area (Å²) < 4.78 is 5.75. The molecule has 0 aliphatic heterocycles. The average molecular weight is 256 g/mol. The number of halogens is 1. The third-order valence-electron chi connectivity index (χ3n) is 2.52. The van der Waals surface area contributed by atoms with Crippen LogP contribution in [0.1, 0.15) is 33.1 Å². The van der Waals surface area contributed by atoms with Crippen LogP contribution < -0.4 is 10.1 Å². The van der Waals surface area contributed by atoms with Gasteiger partial charge in [0, 0.05) is 11.6 Å². The number of ether oxygens (including phenoxy) is 1. The van der Waals surface area contributed by atoms with E-state index in [9.17, 15) is 0 Å². The van der Waals surface area contributed by atoms with Gasteiger partial charge >= 0.3 is 0 Å². The van der Waals surface area contributed by atoms with Crippen LogP contribution in [0.2, 0.25) is 5.02 Å². The number of rotatable bonds is 8. The molecule has 0 saturated heterocycles. The van der Waals surface area contributed by atoms with Crippen molar-refractivity contribution in [2.24, 2.45) is 0 Å². The van der Waals surface area contributed by atoms with Gasteiger partial charge in [-0.3, -0.25) is 0 Å². The molecule has 1 rings (SSSR count). The van der Waals surface area contributed by atoms with E-state index in [1.54, 1.807) is 0 Å². The molecule has 0 amide bonds. The monoisotopic (exact) mass is 255 g/mol. The maximum Gasteiger partial charge on any atom is 0.121 e. The Morgan fingerprint density at radius 2 is 2.18 bits per heavy atom. The normalized spacial score (nSPS) is 12.4. The van der Waals surface area contributed by atoms with Crippen LogP contribution in [-0.4, -0.2) is 19.2 Å². The zero-order valence-electron chi connectivity index (χ0n) is 10.7. The highest BCUT2D eigenvalue weighted by molar-refractivity contribution is 6.30. The first kappa shape index (κ1) is 14.3. The lowest BCUT2D eigenvalue weighted by Crippen LogP contribution is -2.29. The van der Waals surface area contributed by atoms with Gasteiger partial charge in [0.2, 0.25) is 0 Å². The summed E-state index contributed by atoms with van der Waals surface area (Å²) in [5.41, 5.74) is 0.